The molecule has 2 aromatic rings. The molecule has 0 spiro atoms. The van der Waals surface area contributed by atoms with Crippen LogP contribution in [-0.2, 0) is 16.0 Å². The first-order chi connectivity index (χ1) is 14.2. The van der Waals surface area contributed by atoms with Gasteiger partial charge in [0, 0.05) is 45.6 Å². The van der Waals surface area contributed by atoms with Crippen molar-refractivity contribution in [2.75, 3.05) is 49.7 Å². The maximum absolute atomic E-state index is 14.4. The van der Waals surface area contributed by atoms with E-state index in [2.05, 4.69) is 27.2 Å². The summed E-state index contributed by atoms with van der Waals surface area (Å²) in [4.78, 5) is 17.5. The molecule has 2 aliphatic rings. The Kier molecular flexibility index (Phi) is 6.00. The number of anilines is 2. The number of nitrogens with zero attached hydrogens (tertiary/aromatic N) is 2. The SMILES string of the molecule is COCCCNC(=O)[C@H]1Cc2ccccc2N2CCN(c3ccccc3F)C[C@H]12. The second kappa shape index (κ2) is 8.82. The van der Waals surface area contributed by atoms with Gasteiger partial charge in [0.15, 0.2) is 0 Å². The number of carbonyl (C=O) groups excluding carboxylic acids is 1. The maximum Gasteiger partial charge on any atom is 0.225 e. The third kappa shape index (κ3) is 4.08. The van der Waals surface area contributed by atoms with Crippen molar-refractivity contribution in [2.45, 2.75) is 18.9 Å². The lowest BCUT2D eigenvalue weighted by Crippen LogP contribution is -2.61. The Balaban J connectivity index is 1.57. The zero-order valence-corrected chi connectivity index (χ0v) is 16.8. The molecule has 29 heavy (non-hydrogen) atoms. The van der Waals surface area contributed by atoms with Crippen LogP contribution in [0.3, 0.4) is 0 Å². The topological polar surface area (TPSA) is 44.8 Å². The Bertz CT molecular complexity index is 860. The van der Waals surface area contributed by atoms with Gasteiger partial charge in [0.2, 0.25) is 5.91 Å². The predicted octanol–water partition coefficient (Wildman–Crippen LogP) is 2.85. The van der Waals surface area contributed by atoms with Crippen LogP contribution in [0.2, 0.25) is 0 Å². The normalized spacial score (nSPS) is 20.8. The minimum atomic E-state index is -0.210. The number of halogens is 1. The Labute approximate surface area is 171 Å². The van der Waals surface area contributed by atoms with Gasteiger partial charge in [-0.1, -0.05) is 30.3 Å². The number of fused-ring (bicyclic) bond motifs is 3. The Morgan fingerprint density at radius 3 is 2.69 bits per heavy atom. The van der Waals surface area contributed by atoms with Crippen molar-refractivity contribution >= 4 is 17.3 Å². The van der Waals surface area contributed by atoms with Crippen LogP contribution in [0.15, 0.2) is 48.5 Å². The highest BCUT2D eigenvalue weighted by atomic mass is 19.1. The van der Waals surface area contributed by atoms with E-state index >= 15 is 0 Å². The van der Waals surface area contributed by atoms with E-state index in [1.54, 1.807) is 13.2 Å². The largest absolute Gasteiger partial charge is 0.385 e. The number of amides is 1. The Morgan fingerprint density at radius 1 is 1.14 bits per heavy atom. The second-order valence-electron chi connectivity index (χ2n) is 7.73. The highest BCUT2D eigenvalue weighted by molar-refractivity contribution is 5.82. The monoisotopic (exact) mass is 397 g/mol. The fourth-order valence-corrected chi connectivity index (χ4v) is 4.54. The van der Waals surface area contributed by atoms with Crippen LogP contribution in [0.25, 0.3) is 0 Å². The summed E-state index contributed by atoms with van der Waals surface area (Å²) in [6.45, 7) is 3.36. The molecule has 0 unspecified atom stereocenters. The predicted molar refractivity (Wildman–Crippen MR) is 113 cm³/mol. The number of nitrogens with one attached hydrogen (secondary N) is 1. The lowest BCUT2D eigenvalue weighted by molar-refractivity contribution is -0.125. The van der Waals surface area contributed by atoms with Crippen LogP contribution in [0, 0.1) is 11.7 Å². The summed E-state index contributed by atoms with van der Waals surface area (Å²) in [5, 5.41) is 3.08. The zero-order chi connectivity index (χ0) is 20.2. The Morgan fingerprint density at radius 2 is 1.90 bits per heavy atom. The van der Waals surface area contributed by atoms with Crippen molar-refractivity contribution in [1.82, 2.24) is 5.32 Å². The molecule has 2 aliphatic heterocycles. The van der Waals surface area contributed by atoms with Gasteiger partial charge in [-0.3, -0.25) is 4.79 Å². The van der Waals surface area contributed by atoms with Crippen LogP contribution < -0.4 is 15.1 Å². The molecule has 0 radical (unpaired) electrons. The van der Waals surface area contributed by atoms with E-state index in [9.17, 15) is 9.18 Å². The van der Waals surface area contributed by atoms with Gasteiger partial charge in [0.25, 0.3) is 0 Å². The summed E-state index contributed by atoms with van der Waals surface area (Å²) in [7, 11) is 1.66. The third-order valence-corrected chi connectivity index (χ3v) is 5.98. The van der Waals surface area contributed by atoms with E-state index in [1.807, 2.05) is 24.3 Å². The minimum absolute atomic E-state index is 0.0145. The summed E-state index contributed by atoms with van der Waals surface area (Å²) in [5.74, 6) is -0.305. The number of piperazine rings is 1. The average Bonchev–Trinajstić information content (AvgIpc) is 2.76. The molecule has 0 aliphatic carbocycles. The molecule has 2 aromatic carbocycles. The first-order valence-electron chi connectivity index (χ1n) is 10.3. The molecule has 1 amide bonds. The number of carbonyl (C=O) groups is 1. The van der Waals surface area contributed by atoms with Gasteiger partial charge in [-0.2, -0.15) is 0 Å². The smallest absolute Gasteiger partial charge is 0.225 e. The van der Waals surface area contributed by atoms with E-state index in [0.717, 1.165) is 19.5 Å². The maximum atomic E-state index is 14.4. The van der Waals surface area contributed by atoms with Crippen LogP contribution in [0.4, 0.5) is 15.8 Å². The number of benzene rings is 2. The number of methoxy groups -OCH3 is 1. The highest BCUT2D eigenvalue weighted by Gasteiger charge is 2.41. The van der Waals surface area contributed by atoms with Gasteiger partial charge < -0.3 is 19.9 Å². The van der Waals surface area contributed by atoms with Gasteiger partial charge >= 0.3 is 0 Å². The molecule has 0 bridgehead atoms. The molecule has 154 valence electrons. The number of hydrogen-bond acceptors (Lipinski definition) is 4. The van der Waals surface area contributed by atoms with Crippen molar-refractivity contribution in [1.29, 1.82) is 0 Å². The molecular weight excluding hydrogens is 369 g/mol. The van der Waals surface area contributed by atoms with Gasteiger partial charge in [-0.05, 0) is 36.6 Å². The fraction of sp³-hybridized carbons (Fsp3) is 0.435. The van der Waals surface area contributed by atoms with E-state index in [-0.39, 0.29) is 23.7 Å². The number of hydrogen-bond donors (Lipinski definition) is 1. The second-order valence-corrected chi connectivity index (χ2v) is 7.73. The number of para-hydroxylation sites is 2. The average molecular weight is 397 g/mol. The molecule has 1 fully saturated rings. The summed E-state index contributed by atoms with van der Waals surface area (Å²) in [6.07, 6.45) is 1.50. The molecule has 4 rings (SSSR count). The summed E-state index contributed by atoms with van der Waals surface area (Å²) < 4.78 is 19.5. The van der Waals surface area contributed by atoms with Crippen molar-refractivity contribution in [3.05, 3.63) is 59.9 Å². The van der Waals surface area contributed by atoms with Gasteiger partial charge in [0.05, 0.1) is 17.6 Å². The van der Waals surface area contributed by atoms with E-state index in [1.165, 1.54) is 17.3 Å². The van der Waals surface area contributed by atoms with E-state index < -0.39 is 0 Å². The summed E-state index contributed by atoms with van der Waals surface area (Å²) >= 11 is 0. The van der Waals surface area contributed by atoms with Crippen LogP contribution in [0.1, 0.15) is 12.0 Å². The van der Waals surface area contributed by atoms with Crippen molar-refractivity contribution in [2.24, 2.45) is 5.92 Å². The quantitative estimate of drug-likeness (QED) is 0.762. The number of rotatable bonds is 6. The van der Waals surface area contributed by atoms with Crippen LogP contribution in [-0.4, -0.2) is 51.8 Å². The van der Waals surface area contributed by atoms with Gasteiger partial charge in [-0.25, -0.2) is 4.39 Å². The van der Waals surface area contributed by atoms with Crippen molar-refractivity contribution in [3.8, 4) is 0 Å². The van der Waals surface area contributed by atoms with E-state index in [0.29, 0.717) is 31.8 Å². The molecule has 2 heterocycles. The molecule has 1 N–H and O–H groups in total. The van der Waals surface area contributed by atoms with Crippen molar-refractivity contribution < 1.29 is 13.9 Å². The first kappa shape index (κ1) is 19.7. The number of ether oxygens (including phenoxy) is 1. The molecular formula is C23H28FN3O2. The molecule has 6 heteroatoms. The minimum Gasteiger partial charge on any atom is -0.385 e. The zero-order valence-electron chi connectivity index (χ0n) is 16.8. The molecule has 0 saturated carbocycles. The Hall–Kier alpha value is -2.60. The first-order valence-corrected chi connectivity index (χ1v) is 10.3. The molecule has 5 nitrogen and oxygen atoms in total. The molecule has 1 saturated heterocycles. The van der Waals surface area contributed by atoms with Crippen LogP contribution in [0.5, 0.6) is 0 Å². The van der Waals surface area contributed by atoms with Gasteiger partial charge in [-0.15, -0.1) is 0 Å². The standard InChI is InChI=1S/C23H28FN3O2/c1-29-14-6-11-25-23(28)18-15-17-7-2-4-9-20(17)27-13-12-26(16-22(18)27)21-10-5-3-8-19(21)24/h2-5,7-10,18,22H,6,11-16H2,1H3,(H,25,28)/t18-,22+/m0/s1. The lowest BCUT2D eigenvalue weighted by atomic mass is 9.83. The molecule has 2 atom stereocenters. The van der Waals surface area contributed by atoms with Crippen LogP contribution >= 0.6 is 0 Å². The van der Waals surface area contributed by atoms with E-state index in [4.69, 9.17) is 4.74 Å². The fourth-order valence-electron chi connectivity index (χ4n) is 4.54. The summed E-state index contributed by atoms with van der Waals surface area (Å²) in [6, 6.07) is 15.2. The van der Waals surface area contributed by atoms with Gasteiger partial charge in [0.1, 0.15) is 5.82 Å². The third-order valence-electron chi connectivity index (χ3n) is 5.98. The molecule has 0 aromatic heterocycles. The highest BCUT2D eigenvalue weighted by Crippen LogP contribution is 2.37. The summed E-state index contributed by atoms with van der Waals surface area (Å²) in [5.41, 5.74) is 3.03. The van der Waals surface area contributed by atoms with Crippen molar-refractivity contribution in [3.63, 3.8) is 0 Å². The lowest BCUT2D eigenvalue weighted by Gasteiger charge is -2.49.